The first-order chi connectivity index (χ1) is 9.81. The fourth-order valence-corrected chi connectivity index (χ4v) is 2.45. The van der Waals surface area contributed by atoms with Gasteiger partial charge in [-0.05, 0) is 31.7 Å². The van der Waals surface area contributed by atoms with E-state index in [1.807, 2.05) is 13.8 Å². The Balaban J connectivity index is 2.67. The van der Waals surface area contributed by atoms with Crippen LogP contribution in [0.2, 0.25) is 0 Å². The summed E-state index contributed by atoms with van der Waals surface area (Å²) < 4.78 is 0. The smallest absolute Gasteiger partial charge is 0.245 e. The molecule has 1 fully saturated rings. The maximum atomic E-state index is 12.3. The summed E-state index contributed by atoms with van der Waals surface area (Å²) in [6.45, 7) is 4.64. The van der Waals surface area contributed by atoms with Crippen molar-refractivity contribution in [3.8, 4) is 0 Å². The monoisotopic (exact) mass is 298 g/mol. The molecule has 0 unspecified atom stereocenters. The number of rotatable bonds is 7. The standard InChI is InChI=1S/C14H26N4O3/c1-9(2)7-11(14(21)18(3)8-12(15)19)17-13(20)10-5-4-6-16-10/h9-11,16H,4-8H2,1-3H3,(H2,15,19)(H,17,20)/t10-,11-/m0/s1. The van der Waals surface area contributed by atoms with E-state index in [0.717, 1.165) is 19.4 Å². The van der Waals surface area contributed by atoms with Gasteiger partial charge in [0, 0.05) is 7.05 Å². The summed E-state index contributed by atoms with van der Waals surface area (Å²) in [5.41, 5.74) is 5.10. The number of hydrogen-bond donors (Lipinski definition) is 3. The molecule has 0 aliphatic carbocycles. The first kappa shape index (κ1) is 17.4. The van der Waals surface area contributed by atoms with Crippen molar-refractivity contribution >= 4 is 17.7 Å². The van der Waals surface area contributed by atoms with Gasteiger partial charge in [0.25, 0.3) is 0 Å². The molecule has 4 N–H and O–H groups in total. The lowest BCUT2D eigenvalue weighted by Gasteiger charge is -2.26. The second-order valence-electron chi connectivity index (χ2n) is 6.00. The van der Waals surface area contributed by atoms with E-state index in [4.69, 9.17) is 5.73 Å². The molecule has 120 valence electrons. The Morgan fingerprint density at radius 1 is 1.38 bits per heavy atom. The van der Waals surface area contributed by atoms with E-state index in [1.165, 1.54) is 11.9 Å². The number of primary amides is 1. The van der Waals surface area contributed by atoms with Gasteiger partial charge < -0.3 is 21.3 Å². The number of likely N-dealkylation sites (N-methyl/N-ethyl adjacent to an activating group) is 1. The van der Waals surface area contributed by atoms with Gasteiger partial charge in [-0.2, -0.15) is 0 Å². The van der Waals surface area contributed by atoms with Crippen LogP contribution in [0.3, 0.4) is 0 Å². The summed E-state index contributed by atoms with van der Waals surface area (Å²) in [5, 5.41) is 5.90. The van der Waals surface area contributed by atoms with Crippen LogP contribution in [0, 0.1) is 5.92 Å². The van der Waals surface area contributed by atoms with Gasteiger partial charge >= 0.3 is 0 Å². The van der Waals surface area contributed by atoms with Gasteiger partial charge in [0.1, 0.15) is 6.04 Å². The van der Waals surface area contributed by atoms with E-state index >= 15 is 0 Å². The zero-order chi connectivity index (χ0) is 16.0. The Morgan fingerprint density at radius 3 is 2.52 bits per heavy atom. The molecule has 7 nitrogen and oxygen atoms in total. The summed E-state index contributed by atoms with van der Waals surface area (Å²) in [5.74, 6) is -0.761. The summed E-state index contributed by atoms with van der Waals surface area (Å²) in [4.78, 5) is 36.7. The molecule has 0 saturated carbocycles. The highest BCUT2D eigenvalue weighted by atomic mass is 16.2. The summed E-state index contributed by atoms with van der Waals surface area (Å²) in [6.07, 6.45) is 2.27. The average Bonchev–Trinajstić information content (AvgIpc) is 2.89. The molecular formula is C14H26N4O3. The van der Waals surface area contributed by atoms with Crippen LogP contribution >= 0.6 is 0 Å². The van der Waals surface area contributed by atoms with Crippen molar-refractivity contribution in [1.82, 2.24) is 15.5 Å². The van der Waals surface area contributed by atoms with Crippen LogP contribution in [0.15, 0.2) is 0 Å². The molecule has 1 aliphatic rings. The second kappa shape index (κ2) is 7.97. The van der Waals surface area contributed by atoms with E-state index in [9.17, 15) is 14.4 Å². The van der Waals surface area contributed by atoms with E-state index < -0.39 is 11.9 Å². The molecule has 1 aliphatic heterocycles. The SMILES string of the molecule is CC(C)C[C@H](NC(=O)[C@@H]1CCCN1)C(=O)N(C)CC(N)=O. The third-order valence-electron chi connectivity index (χ3n) is 3.47. The zero-order valence-corrected chi connectivity index (χ0v) is 13.0. The number of hydrogen-bond acceptors (Lipinski definition) is 4. The molecular weight excluding hydrogens is 272 g/mol. The van der Waals surface area contributed by atoms with Crippen LogP contribution < -0.4 is 16.4 Å². The molecule has 0 spiro atoms. The lowest BCUT2D eigenvalue weighted by atomic mass is 10.0. The van der Waals surface area contributed by atoms with Gasteiger partial charge in [-0.3, -0.25) is 14.4 Å². The van der Waals surface area contributed by atoms with Crippen LogP contribution in [0.5, 0.6) is 0 Å². The van der Waals surface area contributed by atoms with E-state index in [0.29, 0.717) is 6.42 Å². The summed E-state index contributed by atoms with van der Waals surface area (Å²) in [7, 11) is 1.51. The Bertz CT molecular complexity index is 392. The van der Waals surface area contributed by atoms with Crippen molar-refractivity contribution in [3.05, 3.63) is 0 Å². The van der Waals surface area contributed by atoms with Crippen LogP contribution in [0.4, 0.5) is 0 Å². The van der Waals surface area contributed by atoms with Crippen LogP contribution in [0.1, 0.15) is 33.1 Å². The average molecular weight is 298 g/mol. The van der Waals surface area contributed by atoms with E-state index in [1.54, 1.807) is 0 Å². The van der Waals surface area contributed by atoms with Crippen molar-refractivity contribution < 1.29 is 14.4 Å². The molecule has 0 aromatic rings. The van der Waals surface area contributed by atoms with Crippen molar-refractivity contribution in [3.63, 3.8) is 0 Å². The topological polar surface area (TPSA) is 105 Å². The number of nitrogens with two attached hydrogens (primary N) is 1. The molecule has 7 heteroatoms. The maximum absolute atomic E-state index is 12.3. The van der Waals surface area contributed by atoms with E-state index in [2.05, 4.69) is 10.6 Å². The summed E-state index contributed by atoms with van der Waals surface area (Å²) >= 11 is 0. The van der Waals surface area contributed by atoms with Gasteiger partial charge in [-0.15, -0.1) is 0 Å². The molecule has 1 heterocycles. The molecule has 0 bridgehead atoms. The zero-order valence-electron chi connectivity index (χ0n) is 13.0. The molecule has 1 saturated heterocycles. The largest absolute Gasteiger partial charge is 0.368 e. The van der Waals surface area contributed by atoms with Gasteiger partial charge in [0.15, 0.2) is 0 Å². The quantitative estimate of drug-likeness (QED) is 0.573. The third kappa shape index (κ3) is 5.71. The van der Waals surface area contributed by atoms with Gasteiger partial charge in [0.2, 0.25) is 17.7 Å². The van der Waals surface area contributed by atoms with Crippen LogP contribution in [-0.2, 0) is 14.4 Å². The highest BCUT2D eigenvalue weighted by Crippen LogP contribution is 2.10. The normalized spacial score (nSPS) is 19.3. The van der Waals surface area contributed by atoms with Crippen LogP contribution in [-0.4, -0.2) is 54.8 Å². The predicted molar refractivity (Wildman–Crippen MR) is 79.2 cm³/mol. The van der Waals surface area contributed by atoms with Crippen molar-refractivity contribution in [1.29, 1.82) is 0 Å². The number of nitrogens with zero attached hydrogens (tertiary/aromatic N) is 1. The fourth-order valence-electron chi connectivity index (χ4n) is 2.45. The minimum atomic E-state index is -0.621. The molecule has 1 rings (SSSR count). The Hall–Kier alpha value is -1.63. The van der Waals surface area contributed by atoms with Crippen LogP contribution in [0.25, 0.3) is 0 Å². The van der Waals surface area contributed by atoms with E-state index in [-0.39, 0.29) is 30.3 Å². The summed E-state index contributed by atoms with van der Waals surface area (Å²) in [6, 6.07) is -0.849. The minimum Gasteiger partial charge on any atom is -0.368 e. The Kier molecular flexibility index (Phi) is 6.61. The minimum absolute atomic E-state index is 0.148. The van der Waals surface area contributed by atoms with Crippen molar-refractivity contribution in [2.75, 3.05) is 20.1 Å². The molecule has 0 aromatic carbocycles. The third-order valence-corrected chi connectivity index (χ3v) is 3.47. The number of nitrogens with one attached hydrogen (secondary N) is 2. The number of carbonyl (C=O) groups is 3. The highest BCUT2D eigenvalue weighted by Gasteiger charge is 2.29. The second-order valence-corrected chi connectivity index (χ2v) is 6.00. The highest BCUT2D eigenvalue weighted by molar-refractivity contribution is 5.91. The molecule has 0 radical (unpaired) electrons. The lowest BCUT2D eigenvalue weighted by Crippen LogP contribution is -2.53. The van der Waals surface area contributed by atoms with Crippen molar-refractivity contribution in [2.45, 2.75) is 45.2 Å². The predicted octanol–water partition coefficient (Wildman–Crippen LogP) is -0.787. The first-order valence-electron chi connectivity index (χ1n) is 7.38. The maximum Gasteiger partial charge on any atom is 0.245 e. The first-order valence-corrected chi connectivity index (χ1v) is 7.38. The Morgan fingerprint density at radius 2 is 2.05 bits per heavy atom. The lowest BCUT2D eigenvalue weighted by molar-refractivity contribution is -0.138. The number of carbonyl (C=O) groups excluding carboxylic acids is 3. The molecule has 2 atom stereocenters. The Labute approximate surface area is 125 Å². The van der Waals surface area contributed by atoms with Crippen molar-refractivity contribution in [2.24, 2.45) is 11.7 Å². The molecule has 21 heavy (non-hydrogen) atoms. The molecule has 3 amide bonds. The number of amides is 3. The molecule has 0 aromatic heterocycles. The van der Waals surface area contributed by atoms with Gasteiger partial charge in [-0.25, -0.2) is 0 Å². The van der Waals surface area contributed by atoms with Gasteiger partial charge in [-0.1, -0.05) is 13.8 Å². The fraction of sp³-hybridized carbons (Fsp3) is 0.786. The van der Waals surface area contributed by atoms with Gasteiger partial charge in [0.05, 0.1) is 12.6 Å².